The topological polar surface area (TPSA) is 92.3 Å². The molecule has 0 aromatic heterocycles. The third kappa shape index (κ3) is 13.3. The van der Waals surface area contributed by atoms with Crippen LogP contribution in [0, 0.1) is 0 Å². The summed E-state index contributed by atoms with van der Waals surface area (Å²) in [7, 11) is 0. The smallest absolute Gasteiger partial charge is 0.407 e. The maximum Gasteiger partial charge on any atom is 0.407 e. The zero-order valence-electron chi connectivity index (χ0n) is 14.9. The molecule has 0 radical (unpaired) electrons. The number of carbonyl (C=O) groups excluding carboxylic acids is 2. The van der Waals surface area contributed by atoms with Crippen molar-refractivity contribution in [3.63, 3.8) is 0 Å². The molecule has 1 N–H and O–H groups in total. The molecule has 0 bridgehead atoms. The molecule has 8 nitrogen and oxygen atoms in total. The van der Waals surface area contributed by atoms with E-state index in [0.29, 0.717) is 59.1 Å². The van der Waals surface area contributed by atoms with E-state index in [1.165, 1.54) is 0 Å². The van der Waals surface area contributed by atoms with Gasteiger partial charge in [-0.15, -0.1) is 0 Å². The Morgan fingerprint density at radius 3 is 2.04 bits per heavy atom. The molecule has 0 saturated heterocycles. The van der Waals surface area contributed by atoms with Crippen molar-refractivity contribution >= 4 is 12.4 Å². The van der Waals surface area contributed by atoms with Crippen LogP contribution >= 0.6 is 0 Å². The summed E-state index contributed by atoms with van der Waals surface area (Å²) in [6.45, 7) is 3.71. The Morgan fingerprint density at radius 1 is 0.846 bits per heavy atom. The van der Waals surface area contributed by atoms with Gasteiger partial charge in [0.1, 0.15) is 19.5 Å². The predicted octanol–water partition coefficient (Wildman–Crippen LogP) is 1.18. The molecule has 0 atom stereocenters. The van der Waals surface area contributed by atoms with E-state index in [1.54, 1.807) is 0 Å². The van der Waals surface area contributed by atoms with Crippen molar-refractivity contribution in [2.45, 2.75) is 6.61 Å². The monoisotopic (exact) mass is 369 g/mol. The van der Waals surface area contributed by atoms with E-state index in [4.69, 9.17) is 23.7 Å². The summed E-state index contributed by atoms with van der Waals surface area (Å²) in [5, 5.41) is 2.61. The lowest BCUT2D eigenvalue weighted by atomic mass is 10.2. The molecule has 0 saturated carbocycles. The van der Waals surface area contributed by atoms with E-state index in [2.05, 4.69) is 5.32 Å². The van der Waals surface area contributed by atoms with Gasteiger partial charge in [0.05, 0.1) is 46.2 Å². The highest BCUT2D eigenvalue weighted by molar-refractivity contribution is 5.67. The molecule has 0 aliphatic carbocycles. The van der Waals surface area contributed by atoms with Gasteiger partial charge in [0.2, 0.25) is 0 Å². The summed E-state index contributed by atoms with van der Waals surface area (Å²) < 4.78 is 25.9. The van der Waals surface area contributed by atoms with Gasteiger partial charge in [-0.1, -0.05) is 30.3 Å². The summed E-state index contributed by atoms with van der Waals surface area (Å²) in [5.74, 6) is 0. The lowest BCUT2D eigenvalue weighted by molar-refractivity contribution is -0.112. The SMILES string of the molecule is O=CCOCCOCCOCCOCCNC(=O)OCc1ccccc1. The van der Waals surface area contributed by atoms with E-state index in [9.17, 15) is 9.59 Å². The molecule has 1 rings (SSSR count). The maximum atomic E-state index is 11.5. The van der Waals surface area contributed by atoms with E-state index >= 15 is 0 Å². The van der Waals surface area contributed by atoms with Gasteiger partial charge in [0, 0.05) is 6.54 Å². The lowest BCUT2D eigenvalue weighted by Crippen LogP contribution is -2.28. The van der Waals surface area contributed by atoms with Crippen LogP contribution in [0.1, 0.15) is 5.56 Å². The number of aldehydes is 1. The first-order valence-electron chi connectivity index (χ1n) is 8.52. The third-order valence-corrected chi connectivity index (χ3v) is 3.03. The van der Waals surface area contributed by atoms with Gasteiger partial charge >= 0.3 is 6.09 Å². The van der Waals surface area contributed by atoms with Crippen LogP contribution in [0.2, 0.25) is 0 Å². The Balaban J connectivity index is 1.79. The quantitative estimate of drug-likeness (QED) is 0.345. The zero-order valence-corrected chi connectivity index (χ0v) is 14.9. The molecule has 0 fully saturated rings. The molecule has 1 amide bonds. The summed E-state index contributed by atoms with van der Waals surface area (Å²) >= 11 is 0. The summed E-state index contributed by atoms with van der Waals surface area (Å²) in [4.78, 5) is 21.5. The van der Waals surface area contributed by atoms with Crippen molar-refractivity contribution in [3.8, 4) is 0 Å². The van der Waals surface area contributed by atoms with Crippen LogP contribution in [0.5, 0.6) is 0 Å². The number of alkyl carbamates (subject to hydrolysis) is 1. The van der Waals surface area contributed by atoms with Crippen LogP contribution in [0.3, 0.4) is 0 Å². The van der Waals surface area contributed by atoms with Crippen LogP contribution in [-0.4, -0.2) is 71.8 Å². The Bertz CT molecular complexity index is 470. The normalized spacial score (nSPS) is 10.5. The van der Waals surface area contributed by atoms with Gasteiger partial charge in [-0.2, -0.15) is 0 Å². The minimum absolute atomic E-state index is 0.0941. The molecular formula is C18H27NO7. The van der Waals surface area contributed by atoms with Crippen LogP contribution in [0.15, 0.2) is 30.3 Å². The highest BCUT2D eigenvalue weighted by atomic mass is 16.6. The number of carbonyl (C=O) groups is 2. The predicted molar refractivity (Wildman–Crippen MR) is 94.0 cm³/mol. The highest BCUT2D eigenvalue weighted by Crippen LogP contribution is 2.00. The second kappa shape index (κ2) is 16.5. The van der Waals surface area contributed by atoms with Gasteiger partial charge < -0.3 is 33.8 Å². The van der Waals surface area contributed by atoms with Crippen molar-refractivity contribution < 1.29 is 33.3 Å². The molecule has 1 aromatic rings. The first-order valence-corrected chi connectivity index (χ1v) is 8.52. The van der Waals surface area contributed by atoms with Crippen molar-refractivity contribution in [1.29, 1.82) is 0 Å². The summed E-state index contributed by atoms with van der Waals surface area (Å²) in [6.07, 6.45) is 0.231. The van der Waals surface area contributed by atoms with Crippen LogP contribution < -0.4 is 5.32 Å². The fourth-order valence-electron chi connectivity index (χ4n) is 1.79. The van der Waals surface area contributed by atoms with E-state index in [0.717, 1.165) is 5.56 Å². The number of hydrogen-bond donors (Lipinski definition) is 1. The second-order valence-corrected chi connectivity index (χ2v) is 5.07. The lowest BCUT2D eigenvalue weighted by Gasteiger charge is -2.08. The Morgan fingerprint density at radius 2 is 1.42 bits per heavy atom. The van der Waals surface area contributed by atoms with Gasteiger partial charge in [-0.3, -0.25) is 0 Å². The van der Waals surface area contributed by atoms with E-state index in [1.807, 2.05) is 30.3 Å². The van der Waals surface area contributed by atoms with Crippen LogP contribution in [0.25, 0.3) is 0 Å². The van der Waals surface area contributed by atoms with Crippen molar-refractivity contribution in [1.82, 2.24) is 5.32 Å². The standard InChI is InChI=1S/C18H27NO7/c20-7-9-23-11-13-25-15-14-24-12-10-22-8-6-19-18(21)26-16-17-4-2-1-3-5-17/h1-5,7H,6,8-16H2,(H,19,21). The van der Waals surface area contributed by atoms with Gasteiger partial charge in [-0.05, 0) is 5.56 Å². The Labute approximate surface area is 153 Å². The van der Waals surface area contributed by atoms with Crippen LogP contribution in [0.4, 0.5) is 4.79 Å². The first kappa shape index (κ1) is 22.0. The largest absolute Gasteiger partial charge is 0.445 e. The minimum Gasteiger partial charge on any atom is -0.445 e. The number of benzene rings is 1. The fourth-order valence-corrected chi connectivity index (χ4v) is 1.79. The zero-order chi connectivity index (χ0) is 18.7. The molecule has 146 valence electrons. The molecule has 1 aromatic carbocycles. The Kier molecular flexibility index (Phi) is 14.0. The van der Waals surface area contributed by atoms with Crippen molar-refractivity contribution in [3.05, 3.63) is 35.9 Å². The average molecular weight is 369 g/mol. The second-order valence-electron chi connectivity index (χ2n) is 5.07. The minimum atomic E-state index is -0.469. The molecule has 0 aliphatic heterocycles. The number of ether oxygens (including phenoxy) is 5. The first-order chi connectivity index (χ1) is 12.8. The third-order valence-electron chi connectivity index (χ3n) is 3.03. The molecule has 0 unspecified atom stereocenters. The van der Waals surface area contributed by atoms with Crippen molar-refractivity contribution in [2.24, 2.45) is 0 Å². The number of nitrogens with one attached hydrogen (secondary N) is 1. The highest BCUT2D eigenvalue weighted by Gasteiger charge is 2.01. The molecule has 8 heteroatoms. The number of hydrogen-bond acceptors (Lipinski definition) is 7. The van der Waals surface area contributed by atoms with Crippen molar-refractivity contribution in [2.75, 3.05) is 59.4 Å². The van der Waals surface area contributed by atoms with E-state index in [-0.39, 0.29) is 13.2 Å². The summed E-state index contributed by atoms with van der Waals surface area (Å²) in [6, 6.07) is 9.48. The number of amides is 1. The van der Waals surface area contributed by atoms with Crippen LogP contribution in [-0.2, 0) is 35.1 Å². The number of rotatable bonds is 16. The summed E-state index contributed by atoms with van der Waals surface area (Å²) in [5.41, 5.74) is 0.938. The molecule has 0 aliphatic rings. The maximum absolute atomic E-state index is 11.5. The van der Waals surface area contributed by atoms with Gasteiger partial charge in [0.25, 0.3) is 0 Å². The molecule has 0 heterocycles. The molecular weight excluding hydrogens is 342 g/mol. The van der Waals surface area contributed by atoms with Gasteiger partial charge in [-0.25, -0.2) is 4.79 Å². The average Bonchev–Trinajstić information content (AvgIpc) is 2.67. The fraction of sp³-hybridized carbons (Fsp3) is 0.556. The van der Waals surface area contributed by atoms with E-state index < -0.39 is 6.09 Å². The molecule has 0 spiro atoms. The molecule has 26 heavy (non-hydrogen) atoms. The Hall–Kier alpha value is -2.00. The van der Waals surface area contributed by atoms with Gasteiger partial charge in [0.15, 0.2) is 0 Å².